The molecule has 46 valence electrons. The van der Waals surface area contributed by atoms with Crippen LogP contribution in [-0.4, -0.2) is 59.1 Å². The molecule has 0 aliphatic heterocycles. The van der Waals surface area contributed by atoms with Crippen LogP contribution in [0.25, 0.3) is 11.1 Å². The fourth-order valence-corrected chi connectivity index (χ4v) is 0.663. The molecule has 2 aliphatic carbocycles. The van der Waals surface area contributed by atoms with Crippen LogP contribution in [0.15, 0.2) is 24.3 Å². The van der Waals surface area contributed by atoms with Crippen LogP contribution in [0.4, 0.5) is 0 Å². The molecule has 0 atom stereocenters. The number of hydrogen-bond donors (Lipinski definition) is 2. The summed E-state index contributed by atoms with van der Waals surface area (Å²) in [6.07, 6.45) is 0. The summed E-state index contributed by atoms with van der Waals surface area (Å²) in [5.41, 5.74) is 2.85. The molecule has 0 saturated heterocycles. The molecule has 0 aromatic heterocycles. The van der Waals surface area contributed by atoms with Gasteiger partial charge in [0.1, 0.15) is 0 Å². The Kier molecular flexibility index (Phi) is 10.9. The average Bonchev–Trinajstić information content (AvgIpc) is 1.83. The van der Waals surface area contributed by atoms with Gasteiger partial charge in [-0.1, -0.05) is 24.3 Å². The van der Waals surface area contributed by atoms with E-state index < -0.39 is 0 Å². The van der Waals surface area contributed by atoms with E-state index in [-0.39, 0.29) is 59.1 Å². The third-order valence-electron chi connectivity index (χ3n) is 1.22. The summed E-state index contributed by atoms with van der Waals surface area (Å²) >= 11 is 6.44. The predicted molar refractivity (Wildman–Crippen MR) is 57.7 cm³/mol. The Morgan fingerprint density at radius 3 is 0.900 bits per heavy atom. The molecule has 4 heteroatoms. The van der Waals surface area contributed by atoms with Crippen LogP contribution in [-0.2, 0) is 0 Å². The second-order valence-electron chi connectivity index (χ2n) is 1.58. The van der Waals surface area contributed by atoms with Crippen LogP contribution in [0, 0.1) is 0 Å². The number of thiol groups is 2. The van der Waals surface area contributed by atoms with Crippen LogP contribution in [0.3, 0.4) is 0 Å². The Labute approximate surface area is 116 Å². The van der Waals surface area contributed by atoms with E-state index in [4.69, 9.17) is 0 Å². The number of rotatable bonds is 0. The van der Waals surface area contributed by atoms with Crippen molar-refractivity contribution in [1.82, 2.24) is 0 Å². The summed E-state index contributed by atoms with van der Waals surface area (Å²) < 4.78 is 0. The van der Waals surface area contributed by atoms with Gasteiger partial charge in [-0.05, 0) is 11.1 Å². The van der Waals surface area contributed by atoms with Crippen molar-refractivity contribution in [3.63, 3.8) is 0 Å². The van der Waals surface area contributed by atoms with E-state index in [0.717, 1.165) is 0 Å². The third-order valence-corrected chi connectivity index (χ3v) is 1.22. The van der Waals surface area contributed by atoms with Crippen LogP contribution >= 0.6 is 23.3 Å². The van der Waals surface area contributed by atoms with Gasteiger partial charge in [0.2, 0.25) is 0 Å². The van der Waals surface area contributed by atoms with Crippen molar-refractivity contribution >= 4 is 82.4 Å². The fraction of sp³-hybridized carbons (Fsp3) is 0. The molecule has 0 radical (unpaired) electrons. The van der Waals surface area contributed by atoms with Crippen LogP contribution < -0.4 is 0 Å². The van der Waals surface area contributed by atoms with Crippen molar-refractivity contribution < 1.29 is 0 Å². The van der Waals surface area contributed by atoms with Crippen molar-refractivity contribution in [2.75, 3.05) is 0 Å². The van der Waals surface area contributed by atoms with Gasteiger partial charge < -0.3 is 0 Å². The molecule has 0 saturated carbocycles. The van der Waals surface area contributed by atoms with E-state index in [9.17, 15) is 0 Å². The predicted octanol–water partition coefficient (Wildman–Crippen LogP) is 1.13. The molecular weight excluding hydrogens is 182 g/mol. The molecule has 0 bridgehead atoms. The monoisotopic (exact) mass is 190 g/mol. The van der Waals surface area contributed by atoms with Gasteiger partial charge in [-0.2, -0.15) is 0 Å². The normalized spacial score (nSPS) is 7.40. The summed E-state index contributed by atoms with van der Waals surface area (Å²) in [7, 11) is 0. The van der Waals surface area contributed by atoms with Crippen molar-refractivity contribution in [1.29, 1.82) is 0 Å². The molecule has 0 heterocycles. The van der Waals surface area contributed by atoms with E-state index in [0.29, 0.717) is 0 Å². The van der Waals surface area contributed by atoms with Crippen molar-refractivity contribution in [3.8, 4) is 11.1 Å². The van der Waals surface area contributed by atoms with Gasteiger partial charge >= 0.3 is 59.1 Å². The summed E-state index contributed by atoms with van der Waals surface area (Å²) in [5.74, 6) is 0. The summed E-state index contributed by atoms with van der Waals surface area (Å²) in [4.78, 5) is 0. The average molecular weight is 190 g/mol. The van der Waals surface area contributed by atoms with Gasteiger partial charge in [0.25, 0.3) is 0 Å². The largest absolute Gasteiger partial charge is 0.0538 e. The zero-order valence-corrected chi connectivity index (χ0v) is 5.99. The quantitative estimate of drug-likeness (QED) is 0.347. The van der Waals surface area contributed by atoms with Crippen LogP contribution in [0.1, 0.15) is 0 Å². The third kappa shape index (κ3) is 3.11. The Bertz CT molecular complexity index is 153. The van der Waals surface area contributed by atoms with E-state index in [1.165, 1.54) is 11.1 Å². The zero-order chi connectivity index (χ0) is 5.98. The number of benzene rings is 1. The molecule has 0 unspecified atom stereocenters. The van der Waals surface area contributed by atoms with E-state index >= 15 is 0 Å². The summed E-state index contributed by atoms with van der Waals surface area (Å²) in [6, 6.07) is 8.48. The van der Waals surface area contributed by atoms with Crippen molar-refractivity contribution in [2.45, 2.75) is 0 Å². The molecule has 0 spiro atoms. The molecule has 2 rings (SSSR count). The van der Waals surface area contributed by atoms with Gasteiger partial charge in [-0.3, -0.25) is 0 Å². The van der Waals surface area contributed by atoms with E-state index in [2.05, 4.69) is 47.6 Å². The second-order valence-corrected chi connectivity index (χ2v) is 1.58. The van der Waals surface area contributed by atoms with Crippen LogP contribution in [0.2, 0.25) is 0 Å². The van der Waals surface area contributed by atoms with Gasteiger partial charge in [0, 0.05) is 0 Å². The topological polar surface area (TPSA) is 0 Å². The van der Waals surface area contributed by atoms with E-state index in [1.54, 1.807) is 0 Å². The molecule has 0 N–H and O–H groups in total. The maximum atomic E-state index is 3.22. The first-order chi connectivity index (χ1) is 3.97. The molecule has 0 aromatic carbocycles. The second kappa shape index (κ2) is 7.56. The van der Waals surface area contributed by atoms with Gasteiger partial charge in [0.15, 0.2) is 0 Å². The molecule has 2 aliphatic rings. The Morgan fingerprint density at radius 2 is 0.900 bits per heavy atom. The SMILES string of the molecule is SS.[NaH].[NaH].c1cc2ccc1-2. The maximum absolute atomic E-state index is 3.22. The Hall–Kier alpha value is 1.92. The first-order valence-electron chi connectivity index (χ1n) is 2.27. The standard InChI is InChI=1S/C6H4.2Na.H2S2.2H/c1-2-6-4-3-5(1)6;;;1-2;;/h1-4H;;;1-2H;;. The van der Waals surface area contributed by atoms with Gasteiger partial charge in [0.05, 0.1) is 0 Å². The smallest absolute Gasteiger partial charge is 0.0184 e. The molecular formula is C6H8Na2S2. The van der Waals surface area contributed by atoms with Crippen molar-refractivity contribution in [2.24, 2.45) is 0 Å². The van der Waals surface area contributed by atoms with Gasteiger partial charge in [-0.15, -0.1) is 23.3 Å². The number of fused-ring (bicyclic) bond motifs is 1. The minimum atomic E-state index is 0. The molecule has 0 nitrogen and oxygen atoms in total. The Balaban J connectivity index is 0. The maximum Gasteiger partial charge on any atom is -0.0184 e. The molecule has 0 aromatic rings. The fourth-order valence-electron chi connectivity index (χ4n) is 0.663. The molecule has 10 heavy (non-hydrogen) atoms. The summed E-state index contributed by atoms with van der Waals surface area (Å²) in [6.45, 7) is 0. The molecule has 0 fully saturated rings. The van der Waals surface area contributed by atoms with Crippen LogP contribution in [0.5, 0.6) is 0 Å². The Morgan fingerprint density at radius 1 is 0.700 bits per heavy atom. The van der Waals surface area contributed by atoms with Gasteiger partial charge in [-0.25, -0.2) is 0 Å². The first-order valence-corrected chi connectivity index (χ1v) is 3.87. The zero-order valence-electron chi connectivity index (χ0n) is 4.20. The summed E-state index contributed by atoms with van der Waals surface area (Å²) in [5, 5.41) is 0. The van der Waals surface area contributed by atoms with E-state index in [1.807, 2.05) is 0 Å². The molecule has 0 amide bonds. The minimum Gasteiger partial charge on any atom is -0.0538 e. The minimum absolute atomic E-state index is 0. The number of hydrogen-bond acceptors (Lipinski definition) is 2. The van der Waals surface area contributed by atoms with Crippen molar-refractivity contribution in [3.05, 3.63) is 24.3 Å². The first kappa shape index (κ1) is 14.4.